The molecule has 5 nitrogen and oxygen atoms in total. The Morgan fingerprint density at radius 3 is 2.68 bits per heavy atom. The number of esters is 1. The fourth-order valence-corrected chi connectivity index (χ4v) is 2.26. The standard InChI is InChI=1S/C16H15BrN2O3/c1-22-16(21)9-15(20)10-5-6-13(18)14(7-10)19-12-4-2-3-11(17)8-12/h2-8,19H,9,18H2,1H3. The van der Waals surface area contributed by atoms with E-state index in [1.165, 1.54) is 7.11 Å². The summed E-state index contributed by atoms with van der Waals surface area (Å²) in [5.41, 5.74) is 8.27. The number of methoxy groups -OCH3 is 1. The number of hydrogen-bond donors (Lipinski definition) is 2. The van der Waals surface area contributed by atoms with Crippen molar-refractivity contribution in [2.75, 3.05) is 18.2 Å². The number of nitrogens with one attached hydrogen (secondary N) is 1. The van der Waals surface area contributed by atoms with Gasteiger partial charge in [0.1, 0.15) is 6.42 Å². The van der Waals surface area contributed by atoms with Gasteiger partial charge in [-0.1, -0.05) is 22.0 Å². The van der Waals surface area contributed by atoms with Crippen molar-refractivity contribution in [3.63, 3.8) is 0 Å². The van der Waals surface area contributed by atoms with Crippen LogP contribution in [0.3, 0.4) is 0 Å². The first-order valence-corrected chi connectivity index (χ1v) is 7.31. The second kappa shape index (κ2) is 7.09. The molecular formula is C16H15BrN2O3. The first kappa shape index (κ1) is 16.0. The van der Waals surface area contributed by atoms with Crippen molar-refractivity contribution in [3.05, 3.63) is 52.5 Å². The average molecular weight is 363 g/mol. The van der Waals surface area contributed by atoms with E-state index >= 15 is 0 Å². The highest BCUT2D eigenvalue weighted by atomic mass is 79.9. The number of halogens is 1. The highest BCUT2D eigenvalue weighted by Gasteiger charge is 2.13. The summed E-state index contributed by atoms with van der Waals surface area (Å²) < 4.78 is 5.42. The van der Waals surface area contributed by atoms with Crippen molar-refractivity contribution in [1.29, 1.82) is 0 Å². The molecule has 0 aliphatic heterocycles. The number of ether oxygens (including phenoxy) is 1. The summed E-state index contributed by atoms with van der Waals surface area (Å²) >= 11 is 3.39. The fourth-order valence-electron chi connectivity index (χ4n) is 1.87. The van der Waals surface area contributed by atoms with Crippen LogP contribution >= 0.6 is 15.9 Å². The van der Waals surface area contributed by atoms with E-state index in [1.807, 2.05) is 24.3 Å². The van der Waals surface area contributed by atoms with Gasteiger partial charge in [0.15, 0.2) is 5.78 Å². The molecule has 0 saturated carbocycles. The second-order valence-electron chi connectivity index (χ2n) is 4.61. The molecule has 0 aliphatic carbocycles. The predicted molar refractivity (Wildman–Crippen MR) is 89.2 cm³/mol. The molecule has 22 heavy (non-hydrogen) atoms. The molecule has 2 aromatic rings. The van der Waals surface area contributed by atoms with Crippen LogP contribution in [0.2, 0.25) is 0 Å². The van der Waals surface area contributed by atoms with Gasteiger partial charge in [-0.05, 0) is 36.4 Å². The number of carbonyl (C=O) groups is 2. The molecule has 0 unspecified atom stereocenters. The van der Waals surface area contributed by atoms with E-state index < -0.39 is 5.97 Å². The summed E-state index contributed by atoms with van der Waals surface area (Å²) in [6, 6.07) is 12.4. The summed E-state index contributed by atoms with van der Waals surface area (Å²) in [5.74, 6) is -0.882. The lowest BCUT2D eigenvalue weighted by atomic mass is 10.1. The van der Waals surface area contributed by atoms with Crippen molar-refractivity contribution < 1.29 is 14.3 Å². The van der Waals surface area contributed by atoms with Gasteiger partial charge < -0.3 is 15.8 Å². The molecule has 0 saturated heterocycles. The molecule has 0 radical (unpaired) electrons. The lowest BCUT2D eigenvalue weighted by Crippen LogP contribution is -2.10. The Morgan fingerprint density at radius 1 is 1.23 bits per heavy atom. The third kappa shape index (κ3) is 4.08. The average Bonchev–Trinajstić information content (AvgIpc) is 2.49. The van der Waals surface area contributed by atoms with Crippen LogP contribution in [0.4, 0.5) is 17.1 Å². The Bertz CT molecular complexity index is 716. The van der Waals surface area contributed by atoms with E-state index in [9.17, 15) is 9.59 Å². The number of hydrogen-bond acceptors (Lipinski definition) is 5. The molecule has 0 aliphatic rings. The van der Waals surface area contributed by atoms with E-state index in [0.717, 1.165) is 10.2 Å². The van der Waals surface area contributed by atoms with Gasteiger partial charge in [-0.2, -0.15) is 0 Å². The smallest absolute Gasteiger partial charge is 0.313 e. The summed E-state index contributed by atoms with van der Waals surface area (Å²) in [7, 11) is 1.25. The number of benzene rings is 2. The lowest BCUT2D eigenvalue weighted by Gasteiger charge is -2.11. The quantitative estimate of drug-likeness (QED) is 0.368. The van der Waals surface area contributed by atoms with Crippen molar-refractivity contribution in [1.82, 2.24) is 0 Å². The molecule has 6 heteroatoms. The first-order chi connectivity index (χ1) is 10.5. The van der Waals surface area contributed by atoms with Crippen molar-refractivity contribution in [2.24, 2.45) is 0 Å². The maximum Gasteiger partial charge on any atom is 0.313 e. The molecule has 0 atom stereocenters. The van der Waals surface area contributed by atoms with E-state index in [-0.39, 0.29) is 12.2 Å². The van der Waals surface area contributed by atoms with Crippen LogP contribution in [0.15, 0.2) is 46.9 Å². The van der Waals surface area contributed by atoms with Gasteiger partial charge in [-0.25, -0.2) is 0 Å². The van der Waals surface area contributed by atoms with Crippen LogP contribution in [-0.4, -0.2) is 18.9 Å². The molecule has 0 spiro atoms. The number of rotatable bonds is 5. The van der Waals surface area contributed by atoms with Crippen molar-refractivity contribution >= 4 is 44.7 Å². The zero-order chi connectivity index (χ0) is 16.1. The van der Waals surface area contributed by atoms with Crippen LogP contribution in [0.1, 0.15) is 16.8 Å². The number of carbonyl (C=O) groups excluding carboxylic acids is 2. The highest BCUT2D eigenvalue weighted by Crippen LogP contribution is 2.26. The Labute approximate surface area is 136 Å². The third-order valence-electron chi connectivity index (χ3n) is 3.01. The Morgan fingerprint density at radius 2 is 2.00 bits per heavy atom. The number of nitrogens with two attached hydrogens (primary N) is 1. The second-order valence-corrected chi connectivity index (χ2v) is 5.53. The Hall–Kier alpha value is -2.34. The van der Waals surface area contributed by atoms with Crippen molar-refractivity contribution in [3.8, 4) is 0 Å². The molecule has 0 aromatic heterocycles. The van der Waals surface area contributed by atoms with Gasteiger partial charge in [0.25, 0.3) is 0 Å². The monoisotopic (exact) mass is 362 g/mol. The molecule has 114 valence electrons. The van der Waals surface area contributed by atoms with Crippen LogP contribution in [0.25, 0.3) is 0 Å². The molecule has 0 amide bonds. The predicted octanol–water partition coefficient (Wildman–Crippen LogP) is 3.52. The zero-order valence-corrected chi connectivity index (χ0v) is 13.5. The molecule has 2 rings (SSSR count). The summed E-state index contributed by atoms with van der Waals surface area (Å²) in [6.07, 6.45) is -0.295. The topological polar surface area (TPSA) is 81.4 Å². The van der Waals surface area contributed by atoms with Crippen LogP contribution in [-0.2, 0) is 9.53 Å². The minimum atomic E-state index is -0.566. The van der Waals surface area contributed by atoms with Gasteiger partial charge in [0.05, 0.1) is 18.5 Å². The minimum absolute atomic E-state index is 0.295. The largest absolute Gasteiger partial charge is 0.469 e. The van der Waals surface area contributed by atoms with Crippen LogP contribution < -0.4 is 11.1 Å². The molecular weight excluding hydrogens is 348 g/mol. The fraction of sp³-hybridized carbons (Fsp3) is 0.125. The van der Waals surface area contributed by atoms with Gasteiger partial charge in [0, 0.05) is 15.7 Å². The highest BCUT2D eigenvalue weighted by molar-refractivity contribution is 9.10. The number of ketones is 1. The first-order valence-electron chi connectivity index (χ1n) is 6.51. The van der Waals surface area contributed by atoms with Gasteiger partial charge in [-0.3, -0.25) is 9.59 Å². The van der Waals surface area contributed by atoms with Crippen molar-refractivity contribution in [2.45, 2.75) is 6.42 Å². The van der Waals surface area contributed by atoms with Crippen LogP contribution in [0, 0.1) is 0 Å². The van der Waals surface area contributed by atoms with Gasteiger partial charge in [0.2, 0.25) is 0 Å². The molecule has 0 bridgehead atoms. The molecule has 3 N–H and O–H groups in total. The van der Waals surface area contributed by atoms with E-state index in [1.54, 1.807) is 18.2 Å². The van der Waals surface area contributed by atoms with E-state index in [2.05, 4.69) is 26.0 Å². The molecule has 2 aromatic carbocycles. The van der Waals surface area contributed by atoms with Gasteiger partial charge in [-0.15, -0.1) is 0 Å². The Balaban J connectivity index is 2.23. The van der Waals surface area contributed by atoms with E-state index in [4.69, 9.17) is 5.73 Å². The summed E-state index contributed by atoms with van der Waals surface area (Å²) in [6.45, 7) is 0. The maximum absolute atomic E-state index is 12.0. The van der Waals surface area contributed by atoms with Gasteiger partial charge >= 0.3 is 5.97 Å². The van der Waals surface area contributed by atoms with E-state index in [0.29, 0.717) is 16.9 Å². The normalized spacial score (nSPS) is 10.1. The number of nitrogen functional groups attached to an aromatic ring is 1. The Kier molecular flexibility index (Phi) is 5.16. The maximum atomic E-state index is 12.0. The van der Waals surface area contributed by atoms with Crippen LogP contribution in [0.5, 0.6) is 0 Å². The minimum Gasteiger partial charge on any atom is -0.469 e. The molecule has 0 heterocycles. The third-order valence-corrected chi connectivity index (χ3v) is 3.50. The number of anilines is 3. The zero-order valence-electron chi connectivity index (χ0n) is 11.9. The molecule has 0 fully saturated rings. The summed E-state index contributed by atoms with van der Waals surface area (Å²) in [4.78, 5) is 23.2. The summed E-state index contributed by atoms with van der Waals surface area (Å²) in [5, 5.41) is 3.15. The lowest BCUT2D eigenvalue weighted by molar-refractivity contribution is -0.139. The SMILES string of the molecule is COC(=O)CC(=O)c1ccc(N)c(Nc2cccc(Br)c2)c1. The number of Topliss-reactive ketones (excluding diaryl/α,β-unsaturated/α-hetero) is 1.